The van der Waals surface area contributed by atoms with Gasteiger partial charge in [0, 0.05) is 5.56 Å². The van der Waals surface area contributed by atoms with Crippen LogP contribution in [0.1, 0.15) is 10.4 Å². The van der Waals surface area contributed by atoms with Gasteiger partial charge in [-0.25, -0.2) is 9.37 Å². The van der Waals surface area contributed by atoms with Gasteiger partial charge in [-0.2, -0.15) is 0 Å². The Balaban J connectivity index is 2.82. The molecule has 0 aliphatic carbocycles. The number of carbonyl (C=O) groups excluding carboxylic acids is 1. The first-order valence-electron chi connectivity index (χ1n) is 3.41. The Kier molecular flexibility index (Phi) is 2.13. The Morgan fingerprint density at radius 2 is 2.31 bits per heavy atom. The Bertz CT molecular complexity index is 482. The van der Waals surface area contributed by atoms with Crippen molar-refractivity contribution in [3.8, 4) is 0 Å². The molecule has 0 saturated carbocycles. The average molecular weight is 260 g/mol. The van der Waals surface area contributed by atoms with Gasteiger partial charge in [-0.05, 0) is 28.1 Å². The smallest absolute Gasteiger partial charge is 0.160 e. The van der Waals surface area contributed by atoms with E-state index >= 15 is 0 Å². The van der Waals surface area contributed by atoms with Crippen molar-refractivity contribution in [2.24, 2.45) is 0 Å². The summed E-state index contributed by atoms with van der Waals surface area (Å²) >= 11 is 4.46. The zero-order valence-corrected chi connectivity index (χ0v) is 8.65. The van der Waals surface area contributed by atoms with Crippen LogP contribution in [0.25, 0.3) is 10.2 Å². The molecule has 5 heteroatoms. The molecule has 2 nitrogen and oxygen atoms in total. The van der Waals surface area contributed by atoms with Gasteiger partial charge in [-0.1, -0.05) is 0 Å². The third-order valence-electron chi connectivity index (χ3n) is 1.58. The van der Waals surface area contributed by atoms with Crippen LogP contribution in [0.4, 0.5) is 4.39 Å². The number of aldehydes is 1. The summed E-state index contributed by atoms with van der Waals surface area (Å²) in [6.07, 6.45) is 0.621. The van der Waals surface area contributed by atoms with Gasteiger partial charge < -0.3 is 0 Å². The molecular formula is C8H3BrFNOS. The molecule has 66 valence electrons. The summed E-state index contributed by atoms with van der Waals surface area (Å²) in [7, 11) is 0. The van der Waals surface area contributed by atoms with E-state index in [4.69, 9.17) is 0 Å². The molecule has 2 rings (SSSR count). The van der Waals surface area contributed by atoms with Gasteiger partial charge in [0.15, 0.2) is 9.73 Å². The molecule has 1 heterocycles. The van der Waals surface area contributed by atoms with Crippen LogP contribution in [-0.4, -0.2) is 11.3 Å². The van der Waals surface area contributed by atoms with E-state index in [1.807, 2.05) is 0 Å². The van der Waals surface area contributed by atoms with E-state index in [-0.39, 0.29) is 0 Å². The fourth-order valence-electron chi connectivity index (χ4n) is 1.05. The van der Waals surface area contributed by atoms with Crippen molar-refractivity contribution in [2.75, 3.05) is 0 Å². The summed E-state index contributed by atoms with van der Waals surface area (Å²) < 4.78 is 14.5. The van der Waals surface area contributed by atoms with Crippen LogP contribution in [0, 0.1) is 5.82 Å². The number of nitrogens with zero attached hydrogens (tertiary/aromatic N) is 1. The quantitative estimate of drug-likeness (QED) is 0.738. The molecule has 0 fully saturated rings. The molecule has 0 aliphatic rings. The maximum Gasteiger partial charge on any atom is 0.160 e. The fourth-order valence-corrected chi connectivity index (χ4v) is 2.50. The molecule has 0 spiro atoms. The highest BCUT2D eigenvalue weighted by atomic mass is 79.9. The van der Waals surface area contributed by atoms with E-state index in [9.17, 15) is 9.18 Å². The molecule has 13 heavy (non-hydrogen) atoms. The van der Waals surface area contributed by atoms with Crippen LogP contribution >= 0.6 is 27.3 Å². The number of hydrogen-bond acceptors (Lipinski definition) is 3. The van der Waals surface area contributed by atoms with E-state index in [0.717, 1.165) is 0 Å². The molecule has 2 aromatic rings. The first kappa shape index (κ1) is 8.77. The molecular weight excluding hydrogens is 257 g/mol. The van der Waals surface area contributed by atoms with Crippen LogP contribution in [0.15, 0.2) is 16.0 Å². The van der Waals surface area contributed by atoms with Crippen LogP contribution < -0.4 is 0 Å². The third-order valence-corrected chi connectivity index (χ3v) is 3.03. The number of rotatable bonds is 1. The predicted molar refractivity (Wildman–Crippen MR) is 52.7 cm³/mol. The Morgan fingerprint density at radius 3 is 3.00 bits per heavy atom. The number of thiazole rings is 1. The average Bonchev–Trinajstić information content (AvgIpc) is 2.46. The maximum absolute atomic E-state index is 13.2. The molecule has 0 bridgehead atoms. The van der Waals surface area contributed by atoms with Gasteiger partial charge in [0.25, 0.3) is 0 Å². The predicted octanol–water partition coefficient (Wildman–Crippen LogP) is 3.01. The zero-order valence-electron chi connectivity index (χ0n) is 6.25. The van der Waals surface area contributed by atoms with Crippen molar-refractivity contribution in [1.29, 1.82) is 0 Å². The minimum atomic E-state index is -0.457. The summed E-state index contributed by atoms with van der Waals surface area (Å²) in [4.78, 5) is 14.3. The minimum absolute atomic E-state index is 0.308. The van der Waals surface area contributed by atoms with E-state index in [0.29, 0.717) is 26.0 Å². The van der Waals surface area contributed by atoms with Crippen LogP contribution in [0.2, 0.25) is 0 Å². The van der Waals surface area contributed by atoms with Gasteiger partial charge in [0.1, 0.15) is 11.8 Å². The fraction of sp³-hybridized carbons (Fsp3) is 0. The Morgan fingerprint density at radius 1 is 1.54 bits per heavy atom. The summed E-state index contributed by atoms with van der Waals surface area (Å²) in [5.74, 6) is -0.457. The second-order valence-electron chi connectivity index (χ2n) is 2.43. The van der Waals surface area contributed by atoms with Crippen LogP contribution in [0.5, 0.6) is 0 Å². The van der Waals surface area contributed by atoms with Gasteiger partial charge in [-0.3, -0.25) is 4.79 Å². The molecule has 0 atom stereocenters. The normalized spacial score (nSPS) is 10.6. The van der Waals surface area contributed by atoms with Crippen molar-refractivity contribution in [3.63, 3.8) is 0 Å². The zero-order chi connectivity index (χ0) is 9.42. The number of benzene rings is 1. The van der Waals surface area contributed by atoms with Crippen LogP contribution in [-0.2, 0) is 0 Å². The maximum atomic E-state index is 13.2. The van der Waals surface area contributed by atoms with Gasteiger partial charge >= 0.3 is 0 Å². The van der Waals surface area contributed by atoms with E-state index in [2.05, 4.69) is 20.9 Å². The molecule has 0 aliphatic heterocycles. The van der Waals surface area contributed by atoms with Crippen molar-refractivity contribution < 1.29 is 9.18 Å². The summed E-state index contributed by atoms with van der Waals surface area (Å²) in [6, 6.07) is 2.80. The Hall–Kier alpha value is -0.810. The second-order valence-corrected chi connectivity index (χ2v) is 4.74. The Labute approximate surface area is 85.5 Å². The largest absolute Gasteiger partial charge is 0.298 e. The van der Waals surface area contributed by atoms with Gasteiger partial charge in [-0.15, -0.1) is 11.3 Å². The van der Waals surface area contributed by atoms with E-state index < -0.39 is 5.82 Å². The van der Waals surface area contributed by atoms with Crippen molar-refractivity contribution in [3.05, 3.63) is 27.4 Å². The summed E-state index contributed by atoms with van der Waals surface area (Å²) in [6.45, 7) is 0. The molecule has 0 unspecified atom stereocenters. The first-order chi connectivity index (χ1) is 6.20. The summed E-state index contributed by atoms with van der Waals surface area (Å²) in [5.41, 5.74) is 0.642. The highest BCUT2D eigenvalue weighted by Crippen LogP contribution is 2.28. The lowest BCUT2D eigenvalue weighted by Crippen LogP contribution is -1.83. The van der Waals surface area contributed by atoms with E-state index in [1.54, 1.807) is 6.07 Å². The second kappa shape index (κ2) is 3.16. The van der Waals surface area contributed by atoms with Gasteiger partial charge in [0.2, 0.25) is 0 Å². The number of halogens is 2. The highest BCUT2D eigenvalue weighted by molar-refractivity contribution is 9.11. The van der Waals surface area contributed by atoms with E-state index in [1.165, 1.54) is 17.4 Å². The standard InChI is InChI=1S/C8H3BrFNOS/c9-8-11-7-5(10)1-4(3-12)2-6(7)13-8/h1-3H. The molecule has 0 N–H and O–H groups in total. The lowest BCUT2D eigenvalue weighted by atomic mass is 10.2. The van der Waals surface area contributed by atoms with Crippen LogP contribution in [0.3, 0.4) is 0 Å². The molecule has 1 aromatic carbocycles. The monoisotopic (exact) mass is 259 g/mol. The van der Waals surface area contributed by atoms with Gasteiger partial charge in [0.05, 0.1) is 4.70 Å². The highest BCUT2D eigenvalue weighted by Gasteiger charge is 2.08. The number of fused-ring (bicyclic) bond motifs is 1. The topological polar surface area (TPSA) is 30.0 Å². The van der Waals surface area contributed by atoms with Crippen molar-refractivity contribution >= 4 is 43.8 Å². The molecule has 0 saturated heterocycles. The van der Waals surface area contributed by atoms with Crippen molar-refractivity contribution in [1.82, 2.24) is 4.98 Å². The summed E-state index contributed by atoms with van der Waals surface area (Å²) in [5, 5.41) is 0. The number of aromatic nitrogens is 1. The van der Waals surface area contributed by atoms with Crippen molar-refractivity contribution in [2.45, 2.75) is 0 Å². The minimum Gasteiger partial charge on any atom is -0.298 e. The number of hydrogen-bond donors (Lipinski definition) is 0. The molecule has 1 aromatic heterocycles. The molecule has 0 amide bonds. The molecule has 0 radical (unpaired) electrons. The lowest BCUT2D eigenvalue weighted by molar-refractivity contribution is 0.112. The first-order valence-corrected chi connectivity index (χ1v) is 5.02. The number of carbonyl (C=O) groups is 1. The SMILES string of the molecule is O=Cc1cc(F)c2nc(Br)sc2c1. The lowest BCUT2D eigenvalue weighted by Gasteiger charge is -1.91. The third kappa shape index (κ3) is 1.49.